The van der Waals surface area contributed by atoms with Crippen molar-refractivity contribution < 1.29 is 9.53 Å². The number of hydrogen-bond acceptors (Lipinski definition) is 8. The van der Waals surface area contributed by atoms with Crippen LogP contribution in [0.15, 0.2) is 48.6 Å². The van der Waals surface area contributed by atoms with E-state index in [9.17, 15) is 10.1 Å². The molecule has 0 radical (unpaired) electrons. The number of nitrogens with zero attached hydrogens (tertiary/aromatic N) is 7. The summed E-state index contributed by atoms with van der Waals surface area (Å²) in [6, 6.07) is 16.2. The first kappa shape index (κ1) is 31.5. The Morgan fingerprint density at radius 3 is 2.47 bits per heavy atom. The molecule has 9 heteroatoms. The summed E-state index contributed by atoms with van der Waals surface area (Å²) in [5, 5.41) is 13.1. The van der Waals surface area contributed by atoms with Crippen LogP contribution in [0.1, 0.15) is 48.1 Å². The number of rotatable bonds is 7. The number of pyridine rings is 1. The number of likely N-dealkylation sites (N-methyl/N-ethyl adjacent to an activating group) is 2. The number of ether oxygens (including phenoxy) is 1. The van der Waals surface area contributed by atoms with Crippen molar-refractivity contribution in [1.82, 2.24) is 19.7 Å². The van der Waals surface area contributed by atoms with E-state index in [0.29, 0.717) is 62.9 Å². The van der Waals surface area contributed by atoms with Gasteiger partial charge in [0.2, 0.25) is 11.8 Å². The van der Waals surface area contributed by atoms with Gasteiger partial charge < -0.3 is 24.3 Å². The zero-order chi connectivity index (χ0) is 32.5. The Bertz CT molecular complexity index is 1700. The standard InChI is InChI=1S/C38H47N7O2/c1-27-8-4-9-28-10-5-13-34(36(27)28)45-19-16-31-33(25-45)40-38(47-26-30-12-7-18-42(30)3)32(24-39)37(31)44-22-20-43(21-23-44)35(46)15-14-29-11-6-17-41(29)2/h4-5,8-10,13-15,29-30H,6-7,11-12,16-23,25-26H2,1-3H3/b15-14-/t29?,30-/m0/s1. The molecule has 1 unspecified atom stereocenters. The van der Waals surface area contributed by atoms with Gasteiger partial charge in [0.1, 0.15) is 18.2 Å². The van der Waals surface area contributed by atoms with Gasteiger partial charge in [-0.1, -0.05) is 36.4 Å². The highest BCUT2D eigenvalue weighted by atomic mass is 16.5. The van der Waals surface area contributed by atoms with E-state index < -0.39 is 0 Å². The minimum Gasteiger partial charge on any atom is -0.475 e. The molecule has 5 heterocycles. The highest BCUT2D eigenvalue weighted by Gasteiger charge is 2.32. The maximum atomic E-state index is 13.2. The number of carbonyl (C=O) groups is 1. The number of nitriles is 1. The number of aromatic nitrogens is 1. The molecule has 7 rings (SSSR count). The summed E-state index contributed by atoms with van der Waals surface area (Å²) in [4.78, 5) is 29.6. The first-order valence-corrected chi connectivity index (χ1v) is 17.4. The fraction of sp³-hybridized carbons (Fsp3) is 0.500. The predicted octanol–water partition coefficient (Wildman–Crippen LogP) is 4.75. The van der Waals surface area contributed by atoms with Crippen LogP contribution in [0.4, 0.5) is 11.4 Å². The van der Waals surface area contributed by atoms with Gasteiger partial charge in [-0.15, -0.1) is 0 Å². The van der Waals surface area contributed by atoms with Crippen molar-refractivity contribution in [1.29, 1.82) is 5.26 Å². The maximum absolute atomic E-state index is 13.2. The van der Waals surface area contributed by atoms with E-state index in [4.69, 9.17) is 9.72 Å². The van der Waals surface area contributed by atoms with Gasteiger partial charge in [0.15, 0.2) is 0 Å². The van der Waals surface area contributed by atoms with E-state index >= 15 is 0 Å². The number of carbonyl (C=O) groups excluding carboxylic acids is 1. The summed E-state index contributed by atoms with van der Waals surface area (Å²) in [6.45, 7) is 8.93. The highest BCUT2D eigenvalue weighted by molar-refractivity contribution is 5.97. The minimum atomic E-state index is 0.0768. The Morgan fingerprint density at radius 1 is 0.979 bits per heavy atom. The Balaban J connectivity index is 1.17. The smallest absolute Gasteiger partial charge is 0.246 e. The number of likely N-dealkylation sites (tertiary alicyclic amines) is 2. The first-order valence-electron chi connectivity index (χ1n) is 17.4. The van der Waals surface area contributed by atoms with Gasteiger partial charge in [-0.3, -0.25) is 9.69 Å². The second-order valence-corrected chi connectivity index (χ2v) is 13.7. The molecule has 4 aliphatic rings. The lowest BCUT2D eigenvalue weighted by Gasteiger charge is -2.39. The van der Waals surface area contributed by atoms with Crippen molar-refractivity contribution in [2.24, 2.45) is 0 Å². The summed E-state index contributed by atoms with van der Waals surface area (Å²) in [5.41, 5.74) is 6.09. The summed E-state index contributed by atoms with van der Waals surface area (Å²) >= 11 is 0. The Hall–Kier alpha value is -4.13. The van der Waals surface area contributed by atoms with E-state index in [1.807, 2.05) is 4.90 Å². The van der Waals surface area contributed by atoms with E-state index in [2.05, 4.69) is 89.2 Å². The SMILES string of the molecule is Cc1cccc2cccc(N3CCc4c(nc(OC[C@@H]5CCCN5C)c(C#N)c4N4CCN(C(=O)/C=C\C5CCCN5C)CC4)C3)c12. The highest BCUT2D eigenvalue weighted by Crippen LogP contribution is 2.39. The quantitative estimate of drug-likeness (QED) is 0.345. The number of amides is 1. The van der Waals surface area contributed by atoms with Gasteiger partial charge in [-0.25, -0.2) is 4.98 Å². The molecule has 0 saturated carbocycles. The molecule has 0 bridgehead atoms. The van der Waals surface area contributed by atoms with E-state index in [1.165, 1.54) is 28.4 Å². The molecule has 3 fully saturated rings. The van der Waals surface area contributed by atoms with Crippen LogP contribution in [-0.4, -0.2) is 104 Å². The molecule has 4 aliphatic heterocycles. The van der Waals surface area contributed by atoms with Gasteiger partial charge in [0.25, 0.3) is 0 Å². The van der Waals surface area contributed by atoms with Crippen molar-refractivity contribution in [3.8, 4) is 11.9 Å². The predicted molar refractivity (Wildman–Crippen MR) is 187 cm³/mol. The molecule has 1 aromatic heterocycles. The van der Waals surface area contributed by atoms with Crippen LogP contribution in [0, 0.1) is 18.3 Å². The number of benzene rings is 2. The first-order chi connectivity index (χ1) is 22.9. The molecular formula is C38H47N7O2. The molecular weight excluding hydrogens is 586 g/mol. The Labute approximate surface area is 279 Å². The van der Waals surface area contributed by atoms with Crippen LogP contribution in [0.5, 0.6) is 5.88 Å². The lowest BCUT2D eigenvalue weighted by molar-refractivity contribution is -0.126. The van der Waals surface area contributed by atoms with Gasteiger partial charge in [-0.2, -0.15) is 5.26 Å². The number of aryl methyl sites for hydroxylation is 1. The third kappa shape index (κ3) is 6.29. The number of piperazine rings is 1. The topological polar surface area (TPSA) is 79.2 Å². The molecule has 9 nitrogen and oxygen atoms in total. The third-order valence-electron chi connectivity index (χ3n) is 10.9. The molecule has 0 aliphatic carbocycles. The Kier molecular flexibility index (Phi) is 9.07. The summed E-state index contributed by atoms with van der Waals surface area (Å²) in [6.07, 6.45) is 9.17. The van der Waals surface area contributed by atoms with Crippen LogP contribution in [0.3, 0.4) is 0 Å². The normalized spacial score (nSPS) is 22.3. The molecule has 3 saturated heterocycles. The second-order valence-electron chi connectivity index (χ2n) is 13.7. The molecule has 0 N–H and O–H groups in total. The van der Waals surface area contributed by atoms with Crippen LogP contribution in [0.2, 0.25) is 0 Å². The van der Waals surface area contributed by atoms with Crippen LogP contribution in [-0.2, 0) is 17.8 Å². The molecule has 0 spiro atoms. The average molecular weight is 634 g/mol. The summed E-state index contributed by atoms with van der Waals surface area (Å²) < 4.78 is 6.46. The van der Waals surface area contributed by atoms with Crippen molar-refractivity contribution in [3.05, 3.63) is 70.9 Å². The van der Waals surface area contributed by atoms with Crippen LogP contribution < -0.4 is 14.5 Å². The largest absolute Gasteiger partial charge is 0.475 e. The molecule has 2 aromatic carbocycles. The van der Waals surface area contributed by atoms with Gasteiger partial charge in [-0.05, 0) is 83.2 Å². The van der Waals surface area contributed by atoms with Crippen molar-refractivity contribution >= 4 is 28.1 Å². The molecule has 47 heavy (non-hydrogen) atoms. The van der Waals surface area contributed by atoms with E-state index in [-0.39, 0.29) is 5.91 Å². The monoisotopic (exact) mass is 633 g/mol. The molecule has 1 amide bonds. The lowest BCUT2D eigenvalue weighted by atomic mass is 9.96. The zero-order valence-corrected chi connectivity index (χ0v) is 28.1. The van der Waals surface area contributed by atoms with Crippen molar-refractivity contribution in [3.63, 3.8) is 0 Å². The Morgan fingerprint density at radius 2 is 1.74 bits per heavy atom. The number of fused-ring (bicyclic) bond motifs is 2. The van der Waals surface area contributed by atoms with E-state index in [1.54, 1.807) is 6.08 Å². The fourth-order valence-electron chi connectivity index (χ4n) is 8.06. The van der Waals surface area contributed by atoms with Gasteiger partial charge >= 0.3 is 0 Å². The zero-order valence-electron chi connectivity index (χ0n) is 28.1. The average Bonchev–Trinajstić information content (AvgIpc) is 3.71. The van der Waals surface area contributed by atoms with Gasteiger partial charge in [0, 0.05) is 67.5 Å². The number of hydrogen-bond donors (Lipinski definition) is 0. The minimum absolute atomic E-state index is 0.0768. The van der Waals surface area contributed by atoms with Crippen LogP contribution in [0.25, 0.3) is 10.8 Å². The lowest BCUT2D eigenvalue weighted by Crippen LogP contribution is -2.49. The van der Waals surface area contributed by atoms with E-state index in [0.717, 1.165) is 62.3 Å². The summed E-state index contributed by atoms with van der Waals surface area (Å²) in [5.74, 6) is 0.521. The third-order valence-corrected chi connectivity index (χ3v) is 10.9. The fourth-order valence-corrected chi connectivity index (χ4v) is 8.06. The molecule has 246 valence electrons. The maximum Gasteiger partial charge on any atom is 0.246 e. The van der Waals surface area contributed by atoms with Crippen molar-refractivity contribution in [2.45, 2.75) is 57.7 Å². The van der Waals surface area contributed by atoms with Crippen molar-refractivity contribution in [2.75, 3.05) is 76.3 Å². The number of anilines is 2. The molecule has 2 atom stereocenters. The molecule has 3 aromatic rings. The second kappa shape index (κ2) is 13.5. The van der Waals surface area contributed by atoms with Gasteiger partial charge in [0.05, 0.1) is 17.9 Å². The summed E-state index contributed by atoms with van der Waals surface area (Å²) in [7, 11) is 4.27. The van der Waals surface area contributed by atoms with Crippen LogP contribution >= 0.6 is 0 Å².